The molecule has 0 aliphatic carbocycles. The summed E-state index contributed by atoms with van der Waals surface area (Å²) in [7, 11) is -6.39. The maximum atomic E-state index is 14.7. The summed E-state index contributed by atoms with van der Waals surface area (Å²) in [6.07, 6.45) is 2.98. The fourth-order valence-electron chi connectivity index (χ4n) is 6.57. The lowest BCUT2D eigenvalue weighted by Crippen LogP contribution is -2.54. The number of carbonyl (C=O) groups excluding carboxylic acids is 1. The Morgan fingerprint density at radius 3 is 2.23 bits per heavy atom. The summed E-state index contributed by atoms with van der Waals surface area (Å²) < 4.78 is 91.4. The van der Waals surface area contributed by atoms with Gasteiger partial charge in [0.05, 0.1) is 62.1 Å². The van der Waals surface area contributed by atoms with Crippen molar-refractivity contribution in [3.8, 4) is 5.75 Å². The zero-order valence-electron chi connectivity index (χ0n) is 34.6. The molecule has 1 amide bonds. The largest absolute Gasteiger partial charge is 0.497 e. The van der Waals surface area contributed by atoms with Crippen molar-refractivity contribution < 1.29 is 55.2 Å². The number of nitrogens with zero attached hydrogens (tertiary/aromatic N) is 1. The third-order valence-electron chi connectivity index (χ3n) is 9.95. The number of methoxy groups -OCH3 is 1. The summed E-state index contributed by atoms with van der Waals surface area (Å²) >= 11 is 0. The van der Waals surface area contributed by atoms with Crippen LogP contribution in [-0.2, 0) is 53.7 Å². The fourth-order valence-corrected chi connectivity index (χ4v) is 9.71. The maximum absolute atomic E-state index is 14.7. The van der Waals surface area contributed by atoms with E-state index in [9.17, 15) is 17.8 Å². The zero-order valence-corrected chi connectivity index (χ0v) is 36.3. The molecule has 2 heterocycles. The molecule has 4 rings (SSSR count). The molecule has 5 atom stereocenters. The third-order valence-corrected chi connectivity index (χ3v) is 13.4. The molecule has 2 aromatic carbocycles. The lowest BCUT2D eigenvalue weighted by Gasteiger charge is -2.37. The zero-order chi connectivity index (χ0) is 41.3. The van der Waals surface area contributed by atoms with Crippen molar-refractivity contribution in [1.29, 1.82) is 0 Å². The molecule has 5 unspecified atom stereocenters. The van der Waals surface area contributed by atoms with Gasteiger partial charge in [0, 0.05) is 19.7 Å². The van der Waals surface area contributed by atoms with E-state index in [-0.39, 0.29) is 50.1 Å². The van der Waals surface area contributed by atoms with Crippen molar-refractivity contribution in [2.45, 2.75) is 121 Å². The molecular weight excluding hydrogens is 775 g/mol. The summed E-state index contributed by atoms with van der Waals surface area (Å²) in [4.78, 5) is 13.7. The van der Waals surface area contributed by atoms with Crippen molar-refractivity contribution in [2.75, 3.05) is 59.6 Å². The van der Waals surface area contributed by atoms with Crippen molar-refractivity contribution in [1.82, 2.24) is 9.62 Å². The van der Waals surface area contributed by atoms with Gasteiger partial charge in [-0.2, -0.15) is 4.31 Å². The Balaban J connectivity index is 1.66. The van der Waals surface area contributed by atoms with Gasteiger partial charge in [-0.25, -0.2) is 13.2 Å². The van der Waals surface area contributed by atoms with Gasteiger partial charge < -0.3 is 42.8 Å². The minimum Gasteiger partial charge on any atom is -0.497 e. The van der Waals surface area contributed by atoms with Gasteiger partial charge in [-0.3, -0.25) is 4.57 Å². The Hall–Kier alpha value is -2.59. The Morgan fingerprint density at radius 2 is 1.60 bits per heavy atom. The van der Waals surface area contributed by atoms with Crippen molar-refractivity contribution in [2.24, 2.45) is 5.92 Å². The van der Waals surface area contributed by atoms with Crippen LogP contribution in [0.25, 0.3) is 0 Å². The summed E-state index contributed by atoms with van der Waals surface area (Å²) in [5.74, 6) is 0.442. The maximum Gasteiger partial charge on any atom is 0.407 e. The molecule has 1 N–H and O–H groups in total. The predicted octanol–water partition coefficient (Wildman–Crippen LogP) is 7.55. The van der Waals surface area contributed by atoms with Crippen LogP contribution in [0.2, 0.25) is 0 Å². The van der Waals surface area contributed by atoms with Crippen LogP contribution >= 0.6 is 7.60 Å². The number of ether oxygens (including phenoxy) is 6. The molecular formula is C41H65N2O12PS. The summed E-state index contributed by atoms with van der Waals surface area (Å²) in [6, 6.07) is 15.0. The monoisotopic (exact) mass is 840 g/mol. The molecule has 14 nitrogen and oxygen atoms in total. The molecule has 2 fully saturated rings. The Kier molecular flexibility index (Phi) is 19.2. The molecule has 0 aromatic heterocycles. The van der Waals surface area contributed by atoms with Gasteiger partial charge in [-0.1, -0.05) is 70.4 Å². The lowest BCUT2D eigenvalue weighted by molar-refractivity contribution is -0.0907. The molecule has 16 heteroatoms. The summed E-state index contributed by atoms with van der Waals surface area (Å²) in [5.41, 5.74) is -0.273. The van der Waals surface area contributed by atoms with E-state index < -0.39 is 53.9 Å². The highest BCUT2D eigenvalue weighted by Crippen LogP contribution is 2.49. The first-order chi connectivity index (χ1) is 27.3. The predicted molar refractivity (Wildman–Crippen MR) is 217 cm³/mol. The number of amides is 1. The normalized spacial score (nSPS) is 19.7. The van der Waals surface area contributed by atoms with Crippen molar-refractivity contribution in [3.63, 3.8) is 0 Å². The average Bonchev–Trinajstić information content (AvgIpc) is 3.82. The molecule has 0 bridgehead atoms. The van der Waals surface area contributed by atoms with Crippen molar-refractivity contribution >= 4 is 23.7 Å². The average molecular weight is 841 g/mol. The number of hydrogen-bond donors (Lipinski definition) is 1. The molecule has 0 saturated carbocycles. The van der Waals surface area contributed by atoms with E-state index in [4.69, 9.17) is 37.5 Å². The van der Waals surface area contributed by atoms with Gasteiger partial charge in [0.2, 0.25) is 10.0 Å². The first-order valence-electron chi connectivity index (χ1n) is 20.3. The highest BCUT2D eigenvalue weighted by molar-refractivity contribution is 7.89. The second kappa shape index (κ2) is 23.3. The lowest BCUT2D eigenvalue weighted by atomic mass is 10.0. The number of hydrogen-bond acceptors (Lipinski definition) is 12. The minimum atomic E-state index is -4.23. The summed E-state index contributed by atoms with van der Waals surface area (Å²) in [5, 5.41) is 3.05. The molecule has 0 radical (unpaired) electrons. The minimum absolute atomic E-state index is 0.0319. The van der Waals surface area contributed by atoms with Crippen LogP contribution in [-0.4, -0.2) is 109 Å². The third kappa shape index (κ3) is 14.9. The Bertz CT molecular complexity index is 1620. The summed E-state index contributed by atoms with van der Waals surface area (Å²) in [6.45, 7) is 10.8. The number of carbonyl (C=O) groups is 1. The van der Waals surface area contributed by atoms with Crippen LogP contribution in [0.1, 0.15) is 85.1 Å². The topological polar surface area (TPSA) is 157 Å². The quantitative estimate of drug-likeness (QED) is 0.0697. The molecule has 2 aromatic rings. The van der Waals surface area contributed by atoms with E-state index in [0.717, 1.165) is 31.2 Å². The van der Waals surface area contributed by atoms with Crippen LogP contribution in [0.4, 0.5) is 4.79 Å². The highest BCUT2D eigenvalue weighted by Gasteiger charge is 2.44. The second-order valence-electron chi connectivity index (χ2n) is 15.2. The highest BCUT2D eigenvalue weighted by atomic mass is 32.2. The van der Waals surface area contributed by atoms with E-state index in [1.807, 2.05) is 51.1 Å². The SMILES string of the molecule is CCCCOC(CN(CC(C)(C)OCP(=O)(OCCCC)OCCCC)S(=O)(=O)c1ccc(OC)cc1)C(Cc1ccccc1)NC(=O)OC1COC2OCCC12. The van der Waals surface area contributed by atoms with Crippen LogP contribution in [0.5, 0.6) is 5.75 Å². The molecule has 57 heavy (non-hydrogen) atoms. The number of benzene rings is 2. The van der Waals surface area contributed by atoms with Gasteiger partial charge in [0.15, 0.2) is 6.29 Å². The van der Waals surface area contributed by atoms with Gasteiger partial charge in [-0.15, -0.1) is 0 Å². The van der Waals surface area contributed by atoms with E-state index >= 15 is 0 Å². The number of nitrogens with one attached hydrogen (secondary N) is 1. The Labute approximate surface area is 340 Å². The van der Waals surface area contributed by atoms with Gasteiger partial charge in [0.25, 0.3) is 0 Å². The smallest absolute Gasteiger partial charge is 0.407 e. The van der Waals surface area contributed by atoms with E-state index in [1.54, 1.807) is 26.0 Å². The molecule has 0 spiro atoms. The van der Waals surface area contributed by atoms with Crippen LogP contribution in [0.15, 0.2) is 59.5 Å². The number of rotatable bonds is 27. The second-order valence-corrected chi connectivity index (χ2v) is 19.1. The number of unbranched alkanes of at least 4 members (excludes halogenated alkanes) is 3. The van der Waals surface area contributed by atoms with Gasteiger partial charge in [-0.05, 0) is 75.8 Å². The van der Waals surface area contributed by atoms with Crippen LogP contribution in [0.3, 0.4) is 0 Å². The molecule has 2 aliphatic rings. The van der Waals surface area contributed by atoms with E-state index in [2.05, 4.69) is 5.32 Å². The number of sulfonamides is 1. The first kappa shape index (κ1) is 47.1. The molecule has 2 aliphatic heterocycles. The van der Waals surface area contributed by atoms with Crippen LogP contribution in [0, 0.1) is 5.92 Å². The standard InChI is InChI=1S/C41H65N2O12PS/c1-7-10-23-49-37(36(27-32-16-14-13-15-17-32)42-40(44)55-38-29-51-39-35(38)22-26-50-39)28-43(57(46,47)34-20-18-33(48-6)19-21-34)30-41(4,5)52-31-56(45,53-24-11-8-2)54-25-12-9-3/h13-21,35-39H,7-12,22-31H2,1-6H3,(H,42,44). The number of fused-ring (bicyclic) bond motifs is 1. The molecule has 2 saturated heterocycles. The Morgan fingerprint density at radius 1 is 0.947 bits per heavy atom. The van der Waals surface area contributed by atoms with E-state index in [0.29, 0.717) is 44.6 Å². The number of alkyl carbamates (subject to hydrolysis) is 1. The fraction of sp³-hybridized carbons (Fsp3) is 0.683. The van der Waals surface area contributed by atoms with Gasteiger partial charge >= 0.3 is 13.7 Å². The molecule has 322 valence electrons. The van der Waals surface area contributed by atoms with Gasteiger partial charge in [0.1, 0.15) is 18.2 Å². The first-order valence-corrected chi connectivity index (χ1v) is 23.5. The van der Waals surface area contributed by atoms with E-state index in [1.165, 1.54) is 23.5 Å². The van der Waals surface area contributed by atoms with Crippen LogP contribution < -0.4 is 10.1 Å². The van der Waals surface area contributed by atoms with Crippen molar-refractivity contribution in [3.05, 3.63) is 60.2 Å².